The topological polar surface area (TPSA) is 51.2 Å². The summed E-state index contributed by atoms with van der Waals surface area (Å²) in [5.74, 6) is 1.62. The summed E-state index contributed by atoms with van der Waals surface area (Å²) in [7, 11) is 1.65. The summed E-state index contributed by atoms with van der Waals surface area (Å²) in [6.07, 6.45) is 3.01. The molecule has 2 aromatic rings. The van der Waals surface area contributed by atoms with Gasteiger partial charge in [0, 0.05) is 19.2 Å². The summed E-state index contributed by atoms with van der Waals surface area (Å²) in [5, 5.41) is 3.23. The van der Waals surface area contributed by atoms with Crippen molar-refractivity contribution in [1.29, 1.82) is 0 Å². The van der Waals surface area contributed by atoms with Gasteiger partial charge in [-0.05, 0) is 35.4 Å². The number of hydrogen-bond donors (Lipinski definition) is 1. The molecule has 4 heteroatoms. The summed E-state index contributed by atoms with van der Waals surface area (Å²) in [4.78, 5) is 14.7. The summed E-state index contributed by atoms with van der Waals surface area (Å²) < 4.78 is 5.11. The van der Waals surface area contributed by atoms with E-state index in [0.29, 0.717) is 13.0 Å². The van der Waals surface area contributed by atoms with Crippen LogP contribution < -0.4 is 10.1 Å². The van der Waals surface area contributed by atoms with Gasteiger partial charge in [0.2, 0.25) is 0 Å². The van der Waals surface area contributed by atoms with E-state index >= 15 is 0 Å². The molecule has 0 amide bonds. The molecule has 0 radical (unpaired) electrons. The number of methoxy groups -OCH3 is 1. The van der Waals surface area contributed by atoms with Crippen LogP contribution in [0.4, 0.5) is 5.82 Å². The van der Waals surface area contributed by atoms with Crippen LogP contribution in [0.25, 0.3) is 0 Å². The zero-order valence-corrected chi connectivity index (χ0v) is 10.8. The highest BCUT2D eigenvalue weighted by Gasteiger charge is 1.98. The fraction of sp³-hybridized carbons (Fsp3) is 0.200. The van der Waals surface area contributed by atoms with Crippen molar-refractivity contribution in [2.75, 3.05) is 12.4 Å². The van der Waals surface area contributed by atoms with Crippen molar-refractivity contribution in [2.24, 2.45) is 0 Å². The third-order valence-corrected chi connectivity index (χ3v) is 2.78. The second-order valence-corrected chi connectivity index (χ2v) is 4.12. The fourth-order valence-corrected chi connectivity index (χ4v) is 1.73. The maximum absolute atomic E-state index is 10.5. The Morgan fingerprint density at radius 3 is 2.68 bits per heavy atom. The van der Waals surface area contributed by atoms with Crippen LogP contribution in [-0.2, 0) is 17.8 Å². The van der Waals surface area contributed by atoms with Gasteiger partial charge in [0.15, 0.2) is 0 Å². The normalized spacial score (nSPS) is 9.95. The number of benzene rings is 1. The third-order valence-electron chi connectivity index (χ3n) is 2.78. The van der Waals surface area contributed by atoms with Crippen molar-refractivity contribution < 1.29 is 9.53 Å². The van der Waals surface area contributed by atoms with Gasteiger partial charge >= 0.3 is 0 Å². The second kappa shape index (κ2) is 6.54. The standard InChI is InChI=1S/C15H16N2O2/c1-19-14-4-2-13(3-5-14)11-17-15-10-12(7-9-18)6-8-16-15/h2-6,8-10H,7,11H2,1H3,(H,16,17). The minimum atomic E-state index is 0.416. The number of nitrogens with one attached hydrogen (secondary N) is 1. The lowest BCUT2D eigenvalue weighted by molar-refractivity contribution is -0.107. The van der Waals surface area contributed by atoms with Crippen LogP contribution >= 0.6 is 0 Å². The molecule has 0 aliphatic heterocycles. The first-order valence-electron chi connectivity index (χ1n) is 6.07. The number of pyridine rings is 1. The number of aldehydes is 1. The summed E-state index contributed by atoms with van der Waals surface area (Å²) in [6, 6.07) is 11.6. The molecule has 4 nitrogen and oxygen atoms in total. The lowest BCUT2D eigenvalue weighted by atomic mass is 10.2. The monoisotopic (exact) mass is 256 g/mol. The molecule has 0 spiro atoms. The second-order valence-electron chi connectivity index (χ2n) is 4.12. The highest BCUT2D eigenvalue weighted by atomic mass is 16.5. The van der Waals surface area contributed by atoms with Crippen molar-refractivity contribution in [3.63, 3.8) is 0 Å². The van der Waals surface area contributed by atoms with Crippen molar-refractivity contribution in [1.82, 2.24) is 4.98 Å². The summed E-state index contributed by atoms with van der Waals surface area (Å²) in [6.45, 7) is 0.682. The van der Waals surface area contributed by atoms with E-state index in [0.717, 1.165) is 29.0 Å². The maximum atomic E-state index is 10.5. The minimum absolute atomic E-state index is 0.416. The largest absolute Gasteiger partial charge is 0.497 e. The molecule has 1 N–H and O–H groups in total. The molecule has 0 fully saturated rings. The van der Waals surface area contributed by atoms with Gasteiger partial charge in [0.05, 0.1) is 7.11 Å². The molecule has 0 aliphatic carbocycles. The van der Waals surface area contributed by atoms with Crippen molar-refractivity contribution in [3.8, 4) is 5.75 Å². The van der Waals surface area contributed by atoms with E-state index in [1.807, 2.05) is 36.4 Å². The Hall–Kier alpha value is -2.36. The number of anilines is 1. The van der Waals surface area contributed by atoms with Gasteiger partial charge in [-0.1, -0.05) is 12.1 Å². The Labute approximate surface area is 112 Å². The number of carbonyl (C=O) groups excluding carboxylic acids is 1. The van der Waals surface area contributed by atoms with Crippen molar-refractivity contribution in [2.45, 2.75) is 13.0 Å². The molecule has 98 valence electrons. The molecule has 1 heterocycles. The van der Waals surface area contributed by atoms with E-state index in [1.54, 1.807) is 13.3 Å². The van der Waals surface area contributed by atoms with Crippen LogP contribution in [0, 0.1) is 0 Å². The Kier molecular flexibility index (Phi) is 4.50. The molecule has 1 aromatic heterocycles. The predicted octanol–water partition coefficient (Wildman–Crippen LogP) is 2.44. The molecule has 0 saturated carbocycles. The summed E-state index contributed by atoms with van der Waals surface area (Å²) in [5.41, 5.74) is 2.10. The average molecular weight is 256 g/mol. The molecule has 0 bridgehead atoms. The highest BCUT2D eigenvalue weighted by molar-refractivity contribution is 5.56. The molecule has 0 aliphatic rings. The van der Waals surface area contributed by atoms with Gasteiger partial charge in [0.1, 0.15) is 17.9 Å². The first kappa shape index (κ1) is 13.1. The van der Waals surface area contributed by atoms with Crippen LogP contribution in [0.15, 0.2) is 42.6 Å². The minimum Gasteiger partial charge on any atom is -0.497 e. The lowest BCUT2D eigenvalue weighted by Crippen LogP contribution is -2.02. The molecule has 19 heavy (non-hydrogen) atoms. The number of carbonyl (C=O) groups is 1. The molecule has 0 saturated heterocycles. The molecular formula is C15H16N2O2. The van der Waals surface area contributed by atoms with Crippen LogP contribution in [0.1, 0.15) is 11.1 Å². The number of nitrogens with zero attached hydrogens (tertiary/aromatic N) is 1. The van der Waals surface area contributed by atoms with Crippen LogP contribution in [0.5, 0.6) is 5.75 Å². The maximum Gasteiger partial charge on any atom is 0.126 e. The Morgan fingerprint density at radius 2 is 2.00 bits per heavy atom. The first-order valence-corrected chi connectivity index (χ1v) is 6.07. The predicted molar refractivity (Wildman–Crippen MR) is 74.3 cm³/mol. The Morgan fingerprint density at radius 1 is 1.21 bits per heavy atom. The number of aromatic nitrogens is 1. The van der Waals surface area contributed by atoms with Gasteiger partial charge in [-0.15, -0.1) is 0 Å². The highest BCUT2D eigenvalue weighted by Crippen LogP contribution is 2.13. The van der Waals surface area contributed by atoms with Gasteiger partial charge in [-0.25, -0.2) is 4.98 Å². The number of ether oxygens (including phenoxy) is 1. The van der Waals surface area contributed by atoms with E-state index in [1.165, 1.54) is 0 Å². The lowest BCUT2D eigenvalue weighted by Gasteiger charge is -2.07. The molecule has 0 atom stereocenters. The zero-order chi connectivity index (χ0) is 13.5. The van der Waals surface area contributed by atoms with E-state index < -0.39 is 0 Å². The average Bonchev–Trinajstić information content (AvgIpc) is 2.46. The molecule has 0 unspecified atom stereocenters. The molecule has 2 rings (SSSR count). The van der Waals surface area contributed by atoms with E-state index in [2.05, 4.69) is 10.3 Å². The third kappa shape index (κ3) is 3.81. The SMILES string of the molecule is COc1ccc(CNc2cc(CC=O)ccn2)cc1. The zero-order valence-electron chi connectivity index (χ0n) is 10.8. The van der Waals surface area contributed by atoms with Gasteiger partial charge in [-0.3, -0.25) is 0 Å². The quantitative estimate of drug-likeness (QED) is 0.806. The Bertz CT molecular complexity index is 538. The van der Waals surface area contributed by atoms with E-state index in [9.17, 15) is 4.79 Å². The van der Waals surface area contributed by atoms with Gasteiger partial charge < -0.3 is 14.8 Å². The summed E-state index contributed by atoms with van der Waals surface area (Å²) >= 11 is 0. The van der Waals surface area contributed by atoms with Crippen molar-refractivity contribution in [3.05, 3.63) is 53.7 Å². The van der Waals surface area contributed by atoms with Crippen LogP contribution in [0.2, 0.25) is 0 Å². The molecular weight excluding hydrogens is 240 g/mol. The Balaban J connectivity index is 1.97. The number of rotatable bonds is 6. The van der Waals surface area contributed by atoms with Crippen molar-refractivity contribution >= 4 is 12.1 Å². The van der Waals surface area contributed by atoms with E-state index in [-0.39, 0.29) is 0 Å². The molecule has 1 aromatic carbocycles. The van der Waals surface area contributed by atoms with Crippen LogP contribution in [-0.4, -0.2) is 18.4 Å². The van der Waals surface area contributed by atoms with Crippen LogP contribution in [0.3, 0.4) is 0 Å². The smallest absolute Gasteiger partial charge is 0.126 e. The first-order chi connectivity index (χ1) is 9.31. The fourth-order valence-electron chi connectivity index (χ4n) is 1.73. The number of hydrogen-bond acceptors (Lipinski definition) is 4. The van der Waals surface area contributed by atoms with Gasteiger partial charge in [0.25, 0.3) is 0 Å². The van der Waals surface area contributed by atoms with E-state index in [4.69, 9.17) is 4.74 Å². The van der Waals surface area contributed by atoms with Gasteiger partial charge in [-0.2, -0.15) is 0 Å².